The highest BCUT2D eigenvalue weighted by molar-refractivity contribution is 7.91. The second kappa shape index (κ2) is 12.3. The van der Waals surface area contributed by atoms with Gasteiger partial charge in [0.15, 0.2) is 11.5 Å². The predicted octanol–water partition coefficient (Wildman–Crippen LogP) is 5.87. The summed E-state index contributed by atoms with van der Waals surface area (Å²) in [6.07, 6.45) is 4.94. The highest BCUT2D eigenvalue weighted by atomic mass is 32.2. The summed E-state index contributed by atoms with van der Waals surface area (Å²) >= 11 is 0. The van der Waals surface area contributed by atoms with Crippen LogP contribution >= 0.6 is 0 Å². The number of nitrogens with zero attached hydrogens (tertiary/aromatic N) is 2. The summed E-state index contributed by atoms with van der Waals surface area (Å²) in [5.41, 5.74) is 2.46. The number of likely N-dealkylation sites (N-methyl/N-ethyl adjacent to an activating group) is 1. The molecule has 0 saturated heterocycles. The fourth-order valence-electron chi connectivity index (χ4n) is 4.76. The third-order valence-electron chi connectivity index (χ3n) is 7.05. The average molecular weight is 567 g/mol. The Balaban J connectivity index is 1.33. The van der Waals surface area contributed by atoms with Crippen molar-refractivity contribution in [2.24, 2.45) is 0 Å². The summed E-state index contributed by atoms with van der Waals surface area (Å²) in [7, 11) is 1.12. The molecule has 2 aromatic carbocycles. The van der Waals surface area contributed by atoms with E-state index in [-0.39, 0.29) is 10.8 Å². The van der Waals surface area contributed by atoms with Crippen molar-refractivity contribution in [2.45, 2.75) is 42.4 Å². The molecule has 1 unspecified atom stereocenters. The smallest absolute Gasteiger partial charge is 0.209 e. The molecule has 0 amide bonds. The summed E-state index contributed by atoms with van der Waals surface area (Å²) in [5.74, 6) is 1.92. The summed E-state index contributed by atoms with van der Waals surface area (Å²) in [6.45, 7) is 5.17. The first-order chi connectivity index (χ1) is 19.1. The maximum absolute atomic E-state index is 13.6. The van der Waals surface area contributed by atoms with Crippen molar-refractivity contribution in [3.63, 3.8) is 0 Å². The number of quaternary nitrogens is 1. The van der Waals surface area contributed by atoms with Gasteiger partial charge >= 0.3 is 0 Å². The van der Waals surface area contributed by atoms with Crippen LogP contribution in [0.2, 0.25) is 0 Å². The third-order valence-corrected chi connectivity index (χ3v) is 8.93. The van der Waals surface area contributed by atoms with E-state index in [0.717, 1.165) is 11.1 Å². The molecule has 0 saturated carbocycles. The maximum atomic E-state index is 13.6. The fraction of sp³-hybridized carbons (Fsp3) is 0.355. The van der Waals surface area contributed by atoms with E-state index < -0.39 is 14.5 Å². The molecule has 0 N–H and O–H groups in total. The lowest BCUT2D eigenvalue weighted by Crippen LogP contribution is -2.40. The van der Waals surface area contributed by atoms with E-state index in [1.165, 1.54) is 0 Å². The van der Waals surface area contributed by atoms with Gasteiger partial charge in [-0.25, -0.2) is 8.42 Å². The number of methoxy groups -OCH3 is 2. The van der Waals surface area contributed by atoms with Crippen molar-refractivity contribution in [1.82, 2.24) is 4.40 Å². The number of benzene rings is 2. The molecule has 214 valence electrons. The Kier molecular flexibility index (Phi) is 9.08. The first-order valence-corrected chi connectivity index (χ1v) is 14.9. The van der Waals surface area contributed by atoms with Crippen LogP contribution < -0.4 is 14.2 Å². The van der Waals surface area contributed by atoms with Crippen molar-refractivity contribution in [2.75, 3.05) is 41.0 Å². The van der Waals surface area contributed by atoms with Gasteiger partial charge in [0.1, 0.15) is 10.6 Å². The highest BCUT2D eigenvalue weighted by Crippen LogP contribution is 2.34. The Bertz CT molecular complexity index is 1540. The molecule has 0 aliphatic carbocycles. The predicted molar refractivity (Wildman–Crippen MR) is 156 cm³/mol. The van der Waals surface area contributed by atoms with Crippen molar-refractivity contribution in [1.29, 1.82) is 0 Å². The number of hydrogen-bond acceptors (Lipinski definition) is 6. The molecule has 9 heteroatoms. The molecule has 4 aromatic rings. The molecule has 1 atom stereocenters. The van der Waals surface area contributed by atoms with Crippen molar-refractivity contribution >= 4 is 15.4 Å². The Morgan fingerprint density at radius 1 is 0.950 bits per heavy atom. The summed E-state index contributed by atoms with van der Waals surface area (Å²) in [5, 5.41) is 13.0. The quantitative estimate of drug-likeness (QED) is 0.114. The molecule has 2 aromatic heterocycles. The largest absolute Gasteiger partial charge is 0.633 e. The zero-order chi connectivity index (χ0) is 28.9. The molecular formula is C31H38N2O6S. The lowest BCUT2D eigenvalue weighted by atomic mass is 10.1. The minimum Gasteiger partial charge on any atom is -0.633 e. The SMILES string of the molecule is COc1ccc(CC[N+](C)([O-])CCCOc2ccc(S(=O)(=O)c3c(C(C)C)cn4ccccc34)cc2)cc1OC. The van der Waals surface area contributed by atoms with Gasteiger partial charge in [-0.1, -0.05) is 26.0 Å². The van der Waals surface area contributed by atoms with Crippen LogP contribution in [0.25, 0.3) is 5.52 Å². The van der Waals surface area contributed by atoms with E-state index in [1.807, 2.05) is 67.0 Å². The summed E-state index contributed by atoms with van der Waals surface area (Å²) in [4.78, 5) is 0.565. The second-order valence-corrected chi connectivity index (χ2v) is 12.3. The van der Waals surface area contributed by atoms with E-state index in [4.69, 9.17) is 14.2 Å². The number of rotatable bonds is 13. The van der Waals surface area contributed by atoms with Crippen LogP contribution in [0.3, 0.4) is 0 Å². The fourth-order valence-corrected chi connectivity index (χ4v) is 6.53. The number of ether oxygens (including phenoxy) is 3. The lowest BCUT2D eigenvalue weighted by Gasteiger charge is -2.38. The van der Waals surface area contributed by atoms with Crippen LogP contribution in [0.5, 0.6) is 17.2 Å². The van der Waals surface area contributed by atoms with Gasteiger partial charge in [-0.3, -0.25) is 0 Å². The second-order valence-electron chi connectivity index (χ2n) is 10.4. The monoisotopic (exact) mass is 566 g/mol. The van der Waals surface area contributed by atoms with Crippen LogP contribution in [0.15, 0.2) is 82.8 Å². The van der Waals surface area contributed by atoms with E-state index in [0.29, 0.717) is 60.2 Å². The van der Waals surface area contributed by atoms with E-state index in [9.17, 15) is 13.6 Å². The van der Waals surface area contributed by atoms with Crippen LogP contribution in [0, 0.1) is 5.21 Å². The number of sulfone groups is 1. The van der Waals surface area contributed by atoms with E-state index in [1.54, 1.807) is 45.5 Å². The highest BCUT2D eigenvalue weighted by Gasteiger charge is 2.27. The maximum Gasteiger partial charge on any atom is 0.209 e. The molecular weight excluding hydrogens is 528 g/mol. The molecule has 2 heterocycles. The van der Waals surface area contributed by atoms with Crippen molar-refractivity contribution in [3.8, 4) is 17.2 Å². The number of pyridine rings is 1. The standard InChI is InChI=1S/C31H38N2O6S/c1-23(2)27-22-32-17-7-6-9-28(32)31(27)40(35,36)26-13-11-25(12-14-26)39-20-8-18-33(3,34)19-16-24-10-15-29(37-4)30(21-24)38-5/h6-7,9-15,17,21-23H,8,16,18-20H2,1-5H3. The average Bonchev–Trinajstić information content (AvgIpc) is 3.35. The van der Waals surface area contributed by atoms with Gasteiger partial charge in [-0.2, -0.15) is 0 Å². The Morgan fingerprint density at radius 3 is 2.35 bits per heavy atom. The van der Waals surface area contributed by atoms with Crippen molar-refractivity contribution in [3.05, 3.63) is 89.4 Å². The van der Waals surface area contributed by atoms with Gasteiger partial charge in [0, 0.05) is 25.2 Å². The lowest BCUT2D eigenvalue weighted by molar-refractivity contribution is -0.860. The molecule has 0 aliphatic rings. The topological polar surface area (TPSA) is 89.3 Å². The molecule has 0 spiro atoms. The van der Waals surface area contributed by atoms with Gasteiger partial charge in [0.2, 0.25) is 9.84 Å². The Morgan fingerprint density at radius 2 is 1.68 bits per heavy atom. The van der Waals surface area contributed by atoms with E-state index >= 15 is 0 Å². The Hall–Kier alpha value is -3.53. The zero-order valence-electron chi connectivity index (χ0n) is 23.8. The number of hydroxylamine groups is 3. The van der Waals surface area contributed by atoms with Crippen LogP contribution in [-0.2, 0) is 16.3 Å². The molecule has 0 radical (unpaired) electrons. The van der Waals surface area contributed by atoms with E-state index in [2.05, 4.69) is 0 Å². The summed E-state index contributed by atoms with van der Waals surface area (Å²) in [6, 6.07) is 17.7. The minimum absolute atomic E-state index is 0.0522. The first kappa shape index (κ1) is 29.5. The molecule has 4 rings (SSSR count). The zero-order valence-corrected chi connectivity index (χ0v) is 24.6. The molecule has 0 bridgehead atoms. The minimum atomic E-state index is -3.73. The van der Waals surface area contributed by atoms with Crippen LogP contribution in [0.1, 0.15) is 37.3 Å². The first-order valence-electron chi connectivity index (χ1n) is 13.4. The van der Waals surface area contributed by atoms with Gasteiger partial charge in [-0.05, 0) is 65.6 Å². The van der Waals surface area contributed by atoms with Gasteiger partial charge in [0.05, 0.1) is 51.4 Å². The molecule has 0 aliphatic heterocycles. The molecule has 0 fully saturated rings. The van der Waals surface area contributed by atoms with Crippen LogP contribution in [0.4, 0.5) is 0 Å². The van der Waals surface area contributed by atoms with Gasteiger partial charge in [-0.15, -0.1) is 0 Å². The number of hydrogen-bond donors (Lipinski definition) is 0. The van der Waals surface area contributed by atoms with Crippen LogP contribution in [-0.4, -0.2) is 58.4 Å². The molecule has 40 heavy (non-hydrogen) atoms. The number of fused-ring (bicyclic) bond motifs is 1. The summed E-state index contributed by atoms with van der Waals surface area (Å²) < 4.78 is 45.2. The normalized spacial score (nSPS) is 13.4. The number of aromatic nitrogens is 1. The third kappa shape index (κ3) is 6.60. The van der Waals surface area contributed by atoms with Gasteiger partial charge in [0.25, 0.3) is 0 Å². The Labute approximate surface area is 236 Å². The van der Waals surface area contributed by atoms with Gasteiger partial charge < -0.3 is 28.5 Å². The molecule has 8 nitrogen and oxygen atoms in total. The van der Waals surface area contributed by atoms with Crippen molar-refractivity contribution < 1.29 is 27.3 Å².